The molecule has 1 aromatic heterocycles. The van der Waals surface area contributed by atoms with Crippen LogP contribution in [0.5, 0.6) is 0 Å². The molecule has 316 valence electrons. The van der Waals surface area contributed by atoms with E-state index in [4.69, 9.17) is 15.6 Å². The Hall–Kier alpha value is -5.83. The predicted molar refractivity (Wildman–Crippen MR) is 227 cm³/mol. The molecule has 5 aliphatic heterocycles. The molecule has 2 bridgehead atoms. The molecule has 17 heteroatoms. The fourth-order valence-corrected chi connectivity index (χ4v) is 9.25. The zero-order valence-electron chi connectivity index (χ0n) is 34.3. The van der Waals surface area contributed by atoms with Crippen molar-refractivity contribution in [1.82, 2.24) is 45.1 Å². The highest BCUT2D eigenvalue weighted by molar-refractivity contribution is 6.15. The lowest BCUT2D eigenvalue weighted by atomic mass is 9.85. The van der Waals surface area contributed by atoms with Crippen LogP contribution in [0.4, 0.5) is 0 Å². The largest absolute Gasteiger partial charge is 0.386 e. The van der Waals surface area contributed by atoms with Crippen LogP contribution in [0.25, 0.3) is 11.0 Å². The third-order valence-corrected chi connectivity index (χ3v) is 12.6. The number of ether oxygens (including phenoxy) is 1. The molecule has 6 aliphatic rings. The van der Waals surface area contributed by atoms with Gasteiger partial charge < -0.3 is 41.3 Å². The summed E-state index contributed by atoms with van der Waals surface area (Å²) in [7, 11) is 1.69. The first kappa shape index (κ1) is 40.9. The first-order valence-electron chi connectivity index (χ1n) is 21.0. The Morgan fingerprint density at radius 2 is 1.87 bits per heavy atom. The van der Waals surface area contributed by atoms with Crippen molar-refractivity contribution in [3.63, 3.8) is 0 Å². The maximum absolute atomic E-state index is 13.4. The molecule has 1 unspecified atom stereocenters. The SMILES string of the molecule is CC(=N)/C(=C\N[C@H]1CC[C@H](CN2CCN(CC#Cc3cccc4c3n(C)c(=O)n4C3CCC(=O)NC3=O)CC2)CC1)NC(=O)/C(C=N)=C1\N=C(N2C[C@H]3C[C@@H]2CO3)C=CN1. The van der Waals surface area contributed by atoms with Crippen molar-refractivity contribution in [2.75, 3.05) is 52.4 Å². The number of nitrogens with one attached hydrogen (secondary N) is 6. The maximum Gasteiger partial charge on any atom is 0.329 e. The summed E-state index contributed by atoms with van der Waals surface area (Å²) in [6, 6.07) is 5.35. The number of amides is 3. The Morgan fingerprint density at radius 3 is 2.57 bits per heavy atom. The molecule has 1 aliphatic carbocycles. The molecule has 3 atom stereocenters. The molecule has 0 radical (unpaired) electrons. The van der Waals surface area contributed by atoms with Crippen LogP contribution in [0.1, 0.15) is 63.5 Å². The van der Waals surface area contributed by atoms with E-state index in [2.05, 4.69) is 52.8 Å². The van der Waals surface area contributed by atoms with Gasteiger partial charge in [-0.05, 0) is 69.6 Å². The lowest BCUT2D eigenvalue weighted by molar-refractivity contribution is -0.135. The molecule has 1 aromatic carbocycles. The average molecular weight is 819 g/mol. The van der Waals surface area contributed by atoms with E-state index in [-0.39, 0.29) is 53.9 Å². The van der Waals surface area contributed by atoms with Gasteiger partial charge in [0.05, 0.1) is 58.9 Å². The quantitative estimate of drug-likeness (QED) is 0.0878. The van der Waals surface area contributed by atoms with Crippen LogP contribution in [0.15, 0.2) is 63.6 Å². The molecule has 1 saturated carbocycles. The van der Waals surface area contributed by atoms with Crippen molar-refractivity contribution in [3.05, 3.63) is 69.8 Å². The highest BCUT2D eigenvalue weighted by Crippen LogP contribution is 2.30. The number of amidine groups is 1. The van der Waals surface area contributed by atoms with Gasteiger partial charge in [-0.3, -0.25) is 33.7 Å². The first-order valence-corrected chi connectivity index (χ1v) is 21.0. The molecule has 3 amide bonds. The van der Waals surface area contributed by atoms with Gasteiger partial charge in [-0.25, -0.2) is 9.79 Å². The summed E-state index contributed by atoms with van der Waals surface area (Å²) in [4.78, 5) is 62.8. The van der Waals surface area contributed by atoms with Gasteiger partial charge in [-0.15, -0.1) is 0 Å². The van der Waals surface area contributed by atoms with E-state index in [9.17, 15) is 19.2 Å². The molecule has 0 spiro atoms. The smallest absolute Gasteiger partial charge is 0.329 e. The number of piperazine rings is 1. The summed E-state index contributed by atoms with van der Waals surface area (Å²) in [5, 5.41) is 28.0. The second-order valence-electron chi connectivity index (χ2n) is 16.6. The summed E-state index contributed by atoms with van der Waals surface area (Å²) in [5.74, 6) is 6.99. The number of aryl methyl sites for hydroxylation is 1. The van der Waals surface area contributed by atoms with Crippen molar-refractivity contribution in [2.45, 2.75) is 76.1 Å². The molecule has 2 aromatic rings. The Kier molecular flexibility index (Phi) is 12.1. The van der Waals surface area contributed by atoms with E-state index in [1.807, 2.05) is 24.3 Å². The Balaban J connectivity index is 0.790. The monoisotopic (exact) mass is 818 g/mol. The standard InChI is InChI=1S/C43H54N12O5/c1-27(45)34(48-41(57)33(22-44)40-46-15-14-37(49-40)54-25-32-21-31(54)26-60-32)23-47-30-10-8-28(9-11-30)24-53-19-17-52(18-20-53)16-4-6-29-5-3-7-35-39(29)51(2)43(59)55(35)36-12-13-38(56)50-42(36)58/h3,5,7,14-15,22-23,28,30-32,36,44-47H,8-13,16-21,24-26H2,1-2H3,(H,48,57)(H,50,56,58)/b34-23+,40-33-,44-22?,45-27?/t28-,30-,31-,32-,36?/m1/s1. The summed E-state index contributed by atoms with van der Waals surface area (Å²) in [5.41, 5.74) is 2.41. The molecular formula is C43H54N12O5. The van der Waals surface area contributed by atoms with Crippen molar-refractivity contribution in [1.29, 1.82) is 10.8 Å². The van der Waals surface area contributed by atoms with Gasteiger partial charge in [0.2, 0.25) is 11.8 Å². The third-order valence-electron chi connectivity index (χ3n) is 12.6. The highest BCUT2D eigenvalue weighted by Gasteiger charge is 2.40. The van der Waals surface area contributed by atoms with Gasteiger partial charge in [-0.2, -0.15) is 0 Å². The van der Waals surface area contributed by atoms with E-state index < -0.39 is 17.9 Å². The number of morpholine rings is 1. The van der Waals surface area contributed by atoms with Gasteiger partial charge in [0.15, 0.2) is 0 Å². The van der Waals surface area contributed by atoms with E-state index in [1.54, 1.807) is 26.4 Å². The van der Waals surface area contributed by atoms with Crippen LogP contribution in [-0.2, 0) is 26.2 Å². The summed E-state index contributed by atoms with van der Waals surface area (Å²) >= 11 is 0. The summed E-state index contributed by atoms with van der Waals surface area (Å²) in [6.07, 6.45) is 12.2. The van der Waals surface area contributed by atoms with Crippen LogP contribution in [0.3, 0.4) is 0 Å². The number of likely N-dealkylation sites (tertiary alicyclic amines) is 1. The minimum Gasteiger partial charge on any atom is -0.386 e. The number of benzene rings is 1. The van der Waals surface area contributed by atoms with Gasteiger partial charge in [0, 0.05) is 77.4 Å². The van der Waals surface area contributed by atoms with Crippen LogP contribution in [0.2, 0.25) is 0 Å². The predicted octanol–water partition coefficient (Wildman–Crippen LogP) is 1.28. The van der Waals surface area contributed by atoms with Crippen LogP contribution >= 0.6 is 0 Å². The average Bonchev–Trinajstić information content (AvgIpc) is 3.95. The van der Waals surface area contributed by atoms with E-state index in [0.717, 1.165) is 89.0 Å². The van der Waals surface area contributed by atoms with E-state index >= 15 is 0 Å². The summed E-state index contributed by atoms with van der Waals surface area (Å²) < 4.78 is 8.75. The highest BCUT2D eigenvalue weighted by atomic mass is 16.5. The number of hydrogen-bond donors (Lipinski definition) is 6. The number of rotatable bonds is 10. The second kappa shape index (κ2) is 17.8. The van der Waals surface area contributed by atoms with Crippen LogP contribution < -0.4 is 27.0 Å². The summed E-state index contributed by atoms with van der Waals surface area (Å²) in [6.45, 7) is 8.54. The number of carbonyl (C=O) groups is 3. The molecule has 6 heterocycles. The third kappa shape index (κ3) is 8.72. The first-order chi connectivity index (χ1) is 29.1. The van der Waals surface area contributed by atoms with Gasteiger partial charge in [0.25, 0.3) is 5.91 Å². The number of allylic oxidation sites excluding steroid dienone is 1. The molecule has 6 N–H and O–H groups in total. The number of fused-ring (bicyclic) bond motifs is 3. The molecule has 17 nitrogen and oxygen atoms in total. The maximum atomic E-state index is 13.4. The molecule has 4 saturated heterocycles. The number of aliphatic imine (C=N–C) groups is 1. The minimum atomic E-state index is -0.732. The number of carbonyl (C=O) groups excluding carboxylic acids is 3. The Bertz CT molecular complexity index is 2310. The zero-order chi connectivity index (χ0) is 41.9. The van der Waals surface area contributed by atoms with Crippen LogP contribution in [0, 0.1) is 28.6 Å². The van der Waals surface area contributed by atoms with Gasteiger partial charge in [-0.1, -0.05) is 17.9 Å². The van der Waals surface area contributed by atoms with Crippen molar-refractivity contribution < 1.29 is 19.1 Å². The topological polar surface area (TPSA) is 205 Å². The van der Waals surface area contributed by atoms with Crippen LogP contribution in [-0.4, -0.2) is 130 Å². The lowest BCUT2D eigenvalue weighted by Crippen LogP contribution is -2.48. The Morgan fingerprint density at radius 1 is 1.08 bits per heavy atom. The number of nitrogens with zero attached hydrogens (tertiary/aromatic N) is 6. The van der Waals surface area contributed by atoms with Crippen molar-refractivity contribution in [2.24, 2.45) is 18.0 Å². The number of para-hydroxylation sites is 1. The number of hydrogen-bond acceptors (Lipinski definition) is 13. The number of imide groups is 1. The number of imidazole rings is 1. The van der Waals surface area contributed by atoms with Crippen molar-refractivity contribution >= 4 is 46.5 Å². The lowest BCUT2D eigenvalue weighted by Gasteiger charge is -2.37. The molecular weight excluding hydrogens is 765 g/mol. The fourth-order valence-electron chi connectivity index (χ4n) is 9.25. The fraction of sp³-hybridized carbons (Fsp3) is 0.512. The molecule has 5 fully saturated rings. The molecule has 8 rings (SSSR count). The zero-order valence-corrected chi connectivity index (χ0v) is 34.3. The van der Waals surface area contributed by atoms with E-state index in [1.165, 1.54) is 9.13 Å². The minimum absolute atomic E-state index is 0.0855. The molecule has 60 heavy (non-hydrogen) atoms. The normalized spacial score (nSPS) is 26.8. The number of aromatic nitrogens is 2. The second-order valence-corrected chi connectivity index (χ2v) is 16.6. The Labute approximate surface area is 348 Å². The van der Waals surface area contributed by atoms with Crippen molar-refractivity contribution in [3.8, 4) is 11.8 Å². The van der Waals surface area contributed by atoms with E-state index in [0.29, 0.717) is 41.6 Å². The van der Waals surface area contributed by atoms with Gasteiger partial charge in [0.1, 0.15) is 17.7 Å². The number of piperidine rings is 1. The van der Waals surface area contributed by atoms with Gasteiger partial charge >= 0.3 is 5.69 Å².